The molecule has 0 bridgehead atoms. The maximum atomic E-state index is 11.1. The van der Waals surface area contributed by atoms with Crippen molar-refractivity contribution in [2.75, 3.05) is 12.0 Å². The molecule has 3 nitrogen and oxygen atoms in total. The predicted octanol–water partition coefficient (Wildman–Crippen LogP) is 2.01. The van der Waals surface area contributed by atoms with E-state index in [2.05, 4.69) is 0 Å². The maximum absolute atomic E-state index is 11.1. The molecule has 0 saturated heterocycles. The fourth-order valence-corrected chi connectivity index (χ4v) is 2.05. The van der Waals surface area contributed by atoms with Gasteiger partial charge in [0, 0.05) is 11.9 Å². The maximum Gasteiger partial charge on any atom is 0.175 e. The third kappa shape index (κ3) is 3.38. The Labute approximate surface area is 85.9 Å². The van der Waals surface area contributed by atoms with Crippen molar-refractivity contribution in [2.24, 2.45) is 0 Å². The fraction of sp³-hybridized carbons (Fsp3) is 0.400. The third-order valence-corrected chi connectivity index (χ3v) is 2.86. The molecule has 0 radical (unpaired) electrons. The van der Waals surface area contributed by atoms with Gasteiger partial charge in [0.15, 0.2) is 9.84 Å². The SMILES string of the molecule is CC.Cc1cc(N)ccc1S(C)(=O)=O. The van der Waals surface area contributed by atoms with Crippen molar-refractivity contribution in [3.05, 3.63) is 23.8 Å². The third-order valence-electron chi connectivity index (χ3n) is 1.60. The van der Waals surface area contributed by atoms with E-state index < -0.39 is 9.84 Å². The Bertz CT molecular complexity index is 397. The highest BCUT2D eigenvalue weighted by atomic mass is 32.2. The summed E-state index contributed by atoms with van der Waals surface area (Å²) in [7, 11) is -3.11. The molecule has 0 heterocycles. The zero-order valence-electron chi connectivity index (χ0n) is 9.03. The van der Waals surface area contributed by atoms with Crippen molar-refractivity contribution >= 4 is 15.5 Å². The zero-order chi connectivity index (χ0) is 11.4. The average Bonchev–Trinajstić information content (AvgIpc) is 2.05. The number of nitrogen functional groups attached to an aromatic ring is 1. The Morgan fingerprint density at radius 1 is 1.21 bits per heavy atom. The lowest BCUT2D eigenvalue weighted by Gasteiger charge is -2.03. The van der Waals surface area contributed by atoms with E-state index >= 15 is 0 Å². The fourth-order valence-electron chi connectivity index (χ4n) is 1.09. The number of anilines is 1. The van der Waals surface area contributed by atoms with Crippen LogP contribution < -0.4 is 5.73 Å². The van der Waals surface area contributed by atoms with E-state index in [1.807, 2.05) is 13.8 Å². The molecule has 0 fully saturated rings. The van der Waals surface area contributed by atoms with Crippen LogP contribution in [0.5, 0.6) is 0 Å². The summed E-state index contributed by atoms with van der Waals surface area (Å²) in [6.45, 7) is 5.73. The number of sulfone groups is 1. The Kier molecular flexibility index (Phi) is 4.63. The number of hydrogen-bond donors (Lipinski definition) is 1. The lowest BCUT2D eigenvalue weighted by molar-refractivity contribution is 0.601. The van der Waals surface area contributed by atoms with Crippen LogP contribution in [0.1, 0.15) is 19.4 Å². The molecule has 0 aliphatic heterocycles. The summed E-state index contributed by atoms with van der Waals surface area (Å²) >= 11 is 0. The minimum absolute atomic E-state index is 0.344. The molecule has 0 aliphatic carbocycles. The van der Waals surface area contributed by atoms with Gasteiger partial charge < -0.3 is 5.73 Å². The molecule has 4 heteroatoms. The molecule has 0 unspecified atom stereocenters. The molecule has 14 heavy (non-hydrogen) atoms. The Morgan fingerprint density at radius 3 is 2.07 bits per heavy atom. The van der Waals surface area contributed by atoms with Crippen LogP contribution >= 0.6 is 0 Å². The summed E-state index contributed by atoms with van der Waals surface area (Å²) in [6, 6.07) is 4.76. The van der Waals surface area contributed by atoms with Crippen LogP contribution in [0, 0.1) is 6.92 Å². The Balaban J connectivity index is 0.000000791. The van der Waals surface area contributed by atoms with E-state index in [0.717, 1.165) is 0 Å². The first-order valence-electron chi connectivity index (χ1n) is 4.47. The highest BCUT2D eigenvalue weighted by Gasteiger charge is 2.09. The van der Waals surface area contributed by atoms with E-state index in [0.29, 0.717) is 16.1 Å². The largest absolute Gasteiger partial charge is 0.399 e. The molecule has 0 saturated carbocycles. The van der Waals surface area contributed by atoms with Gasteiger partial charge in [-0.3, -0.25) is 0 Å². The van der Waals surface area contributed by atoms with Crippen LogP contribution in [-0.4, -0.2) is 14.7 Å². The normalized spacial score (nSPS) is 10.3. The van der Waals surface area contributed by atoms with Crippen LogP contribution in [0.3, 0.4) is 0 Å². The van der Waals surface area contributed by atoms with Crippen molar-refractivity contribution in [2.45, 2.75) is 25.7 Å². The molecule has 2 N–H and O–H groups in total. The molecular weight excluding hydrogens is 198 g/mol. The van der Waals surface area contributed by atoms with Gasteiger partial charge in [-0.05, 0) is 30.7 Å². The van der Waals surface area contributed by atoms with Gasteiger partial charge in [-0.25, -0.2) is 8.42 Å². The molecule has 1 aromatic carbocycles. The smallest absolute Gasteiger partial charge is 0.175 e. The quantitative estimate of drug-likeness (QED) is 0.729. The molecule has 0 atom stereocenters. The topological polar surface area (TPSA) is 60.2 Å². The molecule has 0 aromatic heterocycles. The van der Waals surface area contributed by atoms with Crippen molar-refractivity contribution in [1.29, 1.82) is 0 Å². The van der Waals surface area contributed by atoms with Crippen molar-refractivity contribution in [1.82, 2.24) is 0 Å². The number of rotatable bonds is 1. The summed E-state index contributed by atoms with van der Waals surface area (Å²) in [5, 5.41) is 0. The highest BCUT2D eigenvalue weighted by molar-refractivity contribution is 7.90. The number of benzene rings is 1. The number of hydrogen-bond acceptors (Lipinski definition) is 3. The van der Waals surface area contributed by atoms with Crippen molar-refractivity contribution in [3.8, 4) is 0 Å². The van der Waals surface area contributed by atoms with E-state index in [9.17, 15) is 8.42 Å². The van der Waals surface area contributed by atoms with Crippen molar-refractivity contribution in [3.63, 3.8) is 0 Å². The van der Waals surface area contributed by atoms with E-state index in [1.54, 1.807) is 19.1 Å². The average molecular weight is 215 g/mol. The number of nitrogens with two attached hydrogens (primary N) is 1. The van der Waals surface area contributed by atoms with E-state index in [-0.39, 0.29) is 0 Å². The van der Waals surface area contributed by atoms with Crippen LogP contribution in [0.2, 0.25) is 0 Å². The van der Waals surface area contributed by atoms with Crippen LogP contribution in [0.15, 0.2) is 23.1 Å². The van der Waals surface area contributed by atoms with E-state index in [1.165, 1.54) is 12.3 Å². The van der Waals surface area contributed by atoms with Crippen LogP contribution in [0.4, 0.5) is 5.69 Å². The summed E-state index contributed by atoms with van der Waals surface area (Å²) in [6.07, 6.45) is 1.19. The van der Waals surface area contributed by atoms with Gasteiger partial charge in [0.2, 0.25) is 0 Å². The molecule has 0 spiro atoms. The summed E-state index contributed by atoms with van der Waals surface area (Å²) in [5.74, 6) is 0. The lowest BCUT2D eigenvalue weighted by Crippen LogP contribution is -2.00. The second-order valence-electron chi connectivity index (χ2n) is 2.80. The van der Waals surface area contributed by atoms with Gasteiger partial charge in [0.25, 0.3) is 0 Å². The molecule has 0 amide bonds. The highest BCUT2D eigenvalue weighted by Crippen LogP contribution is 2.17. The molecule has 1 aromatic rings. The summed E-state index contributed by atoms with van der Waals surface area (Å²) in [5.41, 5.74) is 6.75. The van der Waals surface area contributed by atoms with Crippen LogP contribution in [-0.2, 0) is 9.84 Å². The van der Waals surface area contributed by atoms with Gasteiger partial charge >= 0.3 is 0 Å². The van der Waals surface area contributed by atoms with Gasteiger partial charge in [-0.2, -0.15) is 0 Å². The molecule has 80 valence electrons. The Morgan fingerprint density at radius 2 is 1.71 bits per heavy atom. The first-order chi connectivity index (χ1) is 6.41. The van der Waals surface area contributed by atoms with Gasteiger partial charge in [0.05, 0.1) is 4.90 Å². The lowest BCUT2D eigenvalue weighted by atomic mass is 10.2. The second-order valence-corrected chi connectivity index (χ2v) is 4.78. The van der Waals surface area contributed by atoms with Crippen molar-refractivity contribution < 1.29 is 8.42 Å². The minimum atomic E-state index is -3.11. The second kappa shape index (κ2) is 5.00. The minimum Gasteiger partial charge on any atom is -0.399 e. The first kappa shape index (κ1) is 13.0. The van der Waals surface area contributed by atoms with Crippen LogP contribution in [0.25, 0.3) is 0 Å². The first-order valence-corrected chi connectivity index (χ1v) is 6.36. The van der Waals surface area contributed by atoms with Gasteiger partial charge in [-0.15, -0.1) is 0 Å². The number of aryl methyl sites for hydroxylation is 1. The standard InChI is InChI=1S/C8H11NO2S.C2H6/c1-6-5-7(9)3-4-8(6)12(2,10)11;1-2/h3-5H,9H2,1-2H3;1-2H3. The van der Waals surface area contributed by atoms with E-state index in [4.69, 9.17) is 5.73 Å². The Hall–Kier alpha value is -1.03. The predicted molar refractivity (Wildman–Crippen MR) is 60.0 cm³/mol. The summed E-state index contributed by atoms with van der Waals surface area (Å²) in [4.78, 5) is 0.344. The monoisotopic (exact) mass is 215 g/mol. The van der Waals surface area contributed by atoms with Gasteiger partial charge in [-0.1, -0.05) is 13.8 Å². The molecule has 1 rings (SSSR count). The molecule has 0 aliphatic rings. The van der Waals surface area contributed by atoms with Gasteiger partial charge in [0.1, 0.15) is 0 Å². The zero-order valence-corrected chi connectivity index (χ0v) is 9.85. The summed E-state index contributed by atoms with van der Waals surface area (Å²) < 4.78 is 22.2. The molecular formula is C10H17NO2S.